The summed E-state index contributed by atoms with van der Waals surface area (Å²) in [4.78, 5) is 20.9. The van der Waals surface area contributed by atoms with Crippen molar-refractivity contribution in [1.82, 2.24) is 9.97 Å². The van der Waals surface area contributed by atoms with Gasteiger partial charge in [-0.2, -0.15) is 0 Å². The molecule has 2 rings (SSSR count). The molecule has 0 aliphatic carbocycles. The predicted octanol–water partition coefficient (Wildman–Crippen LogP) is 1.54. The van der Waals surface area contributed by atoms with Crippen LogP contribution in [0.15, 0.2) is 30.6 Å². The van der Waals surface area contributed by atoms with Crippen molar-refractivity contribution < 1.29 is 9.90 Å². The lowest BCUT2D eigenvalue weighted by molar-refractivity contribution is -0.136. The fourth-order valence-corrected chi connectivity index (χ4v) is 1.66. The van der Waals surface area contributed by atoms with Crippen LogP contribution in [0, 0.1) is 0 Å². The molecule has 5 nitrogen and oxygen atoms in total. The third kappa shape index (κ3) is 2.50. The minimum absolute atomic E-state index is 0.104. The lowest BCUT2D eigenvalue weighted by Gasteiger charge is -2.19. The Hall–Kier alpha value is -2.17. The number of nitrogens with zero attached hydrogens (tertiary/aromatic N) is 3. The molecule has 1 N–H and O–H groups in total. The lowest BCUT2D eigenvalue weighted by Crippen LogP contribution is -2.21. The van der Waals surface area contributed by atoms with Crippen molar-refractivity contribution in [3.63, 3.8) is 0 Å². The third-order valence-electron chi connectivity index (χ3n) is 2.55. The van der Waals surface area contributed by atoms with Gasteiger partial charge in [-0.15, -0.1) is 0 Å². The molecule has 0 radical (unpaired) electrons. The molecule has 2 aromatic rings. The number of carboxylic acid groups (broad SMARTS) is 1. The zero-order valence-electron chi connectivity index (χ0n) is 9.50. The number of carbonyl (C=O) groups is 1. The molecule has 0 atom stereocenters. The maximum absolute atomic E-state index is 10.5. The SMILES string of the molecule is CN(CCC(=O)O)c1ccnc2cccnc12. The monoisotopic (exact) mass is 231 g/mol. The number of aromatic nitrogens is 2. The molecule has 0 saturated heterocycles. The van der Waals surface area contributed by atoms with Crippen molar-refractivity contribution in [1.29, 1.82) is 0 Å². The van der Waals surface area contributed by atoms with Crippen LogP contribution in [0.2, 0.25) is 0 Å². The van der Waals surface area contributed by atoms with Gasteiger partial charge in [0.15, 0.2) is 0 Å². The first-order valence-electron chi connectivity index (χ1n) is 5.31. The lowest BCUT2D eigenvalue weighted by atomic mass is 10.2. The molecule has 0 aliphatic rings. The van der Waals surface area contributed by atoms with E-state index in [0.29, 0.717) is 6.54 Å². The van der Waals surface area contributed by atoms with Crippen molar-refractivity contribution in [2.24, 2.45) is 0 Å². The molecular weight excluding hydrogens is 218 g/mol. The van der Waals surface area contributed by atoms with Crippen LogP contribution in [-0.2, 0) is 4.79 Å². The Labute approximate surface area is 98.7 Å². The van der Waals surface area contributed by atoms with Gasteiger partial charge in [-0.25, -0.2) is 0 Å². The second kappa shape index (κ2) is 4.78. The number of pyridine rings is 2. The van der Waals surface area contributed by atoms with Gasteiger partial charge in [0.1, 0.15) is 5.52 Å². The van der Waals surface area contributed by atoms with Crippen molar-refractivity contribution in [3.05, 3.63) is 30.6 Å². The summed E-state index contributed by atoms with van der Waals surface area (Å²) in [6.07, 6.45) is 3.52. The zero-order valence-corrected chi connectivity index (χ0v) is 9.50. The van der Waals surface area contributed by atoms with E-state index in [-0.39, 0.29) is 6.42 Å². The van der Waals surface area contributed by atoms with Crippen LogP contribution in [0.4, 0.5) is 5.69 Å². The molecule has 88 valence electrons. The van der Waals surface area contributed by atoms with Gasteiger partial charge >= 0.3 is 5.97 Å². The second-order valence-corrected chi connectivity index (χ2v) is 3.77. The first-order chi connectivity index (χ1) is 8.18. The fraction of sp³-hybridized carbons (Fsp3) is 0.250. The summed E-state index contributed by atoms with van der Waals surface area (Å²) in [5, 5.41) is 8.67. The molecule has 0 aromatic carbocycles. The number of anilines is 1. The van der Waals surface area contributed by atoms with Gasteiger partial charge in [0.25, 0.3) is 0 Å². The van der Waals surface area contributed by atoms with E-state index in [9.17, 15) is 4.79 Å². The molecule has 17 heavy (non-hydrogen) atoms. The first-order valence-corrected chi connectivity index (χ1v) is 5.31. The fourth-order valence-electron chi connectivity index (χ4n) is 1.66. The van der Waals surface area contributed by atoms with Gasteiger partial charge in [-0.1, -0.05) is 0 Å². The number of aliphatic carboxylic acids is 1. The molecule has 0 unspecified atom stereocenters. The normalized spacial score (nSPS) is 10.4. The van der Waals surface area contributed by atoms with Gasteiger partial charge < -0.3 is 10.0 Å². The summed E-state index contributed by atoms with van der Waals surface area (Å²) >= 11 is 0. The molecule has 0 spiro atoms. The number of fused-ring (bicyclic) bond motifs is 1. The van der Waals surface area contributed by atoms with Crippen LogP contribution in [0.25, 0.3) is 11.0 Å². The molecule has 0 bridgehead atoms. The van der Waals surface area contributed by atoms with Gasteiger partial charge in [-0.3, -0.25) is 14.8 Å². The Morgan fingerprint density at radius 2 is 2.18 bits per heavy atom. The summed E-state index contributed by atoms with van der Waals surface area (Å²) in [7, 11) is 1.85. The highest BCUT2D eigenvalue weighted by molar-refractivity contribution is 5.87. The zero-order chi connectivity index (χ0) is 12.3. The largest absolute Gasteiger partial charge is 0.481 e. The van der Waals surface area contributed by atoms with Crippen LogP contribution >= 0.6 is 0 Å². The quantitative estimate of drug-likeness (QED) is 0.864. The molecule has 5 heteroatoms. The van der Waals surface area contributed by atoms with E-state index in [1.165, 1.54) is 0 Å². The van der Waals surface area contributed by atoms with Crippen molar-refractivity contribution in [3.8, 4) is 0 Å². The van der Waals surface area contributed by atoms with Crippen LogP contribution < -0.4 is 4.90 Å². The Morgan fingerprint density at radius 1 is 1.35 bits per heavy atom. The highest BCUT2D eigenvalue weighted by atomic mass is 16.4. The summed E-state index contributed by atoms with van der Waals surface area (Å²) in [5.74, 6) is -0.803. The number of carboxylic acids is 1. The highest BCUT2D eigenvalue weighted by Crippen LogP contribution is 2.21. The molecule has 0 fully saturated rings. The van der Waals surface area contributed by atoms with E-state index in [2.05, 4.69) is 9.97 Å². The van der Waals surface area contributed by atoms with Crippen LogP contribution in [0.3, 0.4) is 0 Å². The average molecular weight is 231 g/mol. The Kier molecular flexibility index (Phi) is 3.18. The molecule has 2 heterocycles. The van der Waals surface area contributed by atoms with Gasteiger partial charge in [-0.05, 0) is 18.2 Å². The topological polar surface area (TPSA) is 66.3 Å². The van der Waals surface area contributed by atoms with E-state index >= 15 is 0 Å². The second-order valence-electron chi connectivity index (χ2n) is 3.77. The van der Waals surface area contributed by atoms with Crippen LogP contribution in [0.5, 0.6) is 0 Å². The average Bonchev–Trinajstić information content (AvgIpc) is 2.35. The Morgan fingerprint density at radius 3 is 2.94 bits per heavy atom. The molecular formula is C12H13N3O2. The third-order valence-corrected chi connectivity index (χ3v) is 2.55. The molecule has 0 aliphatic heterocycles. The number of hydrogen-bond donors (Lipinski definition) is 1. The number of hydrogen-bond acceptors (Lipinski definition) is 4. The predicted molar refractivity (Wildman–Crippen MR) is 65.1 cm³/mol. The maximum Gasteiger partial charge on any atom is 0.305 e. The van der Waals surface area contributed by atoms with Crippen molar-refractivity contribution >= 4 is 22.7 Å². The van der Waals surface area contributed by atoms with Crippen LogP contribution in [0.1, 0.15) is 6.42 Å². The van der Waals surface area contributed by atoms with Crippen molar-refractivity contribution in [2.75, 3.05) is 18.5 Å². The molecule has 0 amide bonds. The summed E-state index contributed by atoms with van der Waals surface area (Å²) in [6, 6.07) is 5.56. The minimum Gasteiger partial charge on any atom is -0.481 e. The van der Waals surface area contributed by atoms with Gasteiger partial charge in [0.2, 0.25) is 0 Å². The summed E-state index contributed by atoms with van der Waals surface area (Å²) in [5.41, 5.74) is 2.51. The van der Waals surface area contributed by atoms with Crippen LogP contribution in [-0.4, -0.2) is 34.6 Å². The molecule has 2 aromatic heterocycles. The van der Waals surface area contributed by atoms with E-state index in [4.69, 9.17) is 5.11 Å². The molecule has 0 saturated carbocycles. The first kappa shape index (κ1) is 11.3. The smallest absolute Gasteiger partial charge is 0.305 e. The van der Waals surface area contributed by atoms with E-state index in [0.717, 1.165) is 16.7 Å². The van der Waals surface area contributed by atoms with E-state index < -0.39 is 5.97 Å². The van der Waals surface area contributed by atoms with E-state index in [1.807, 2.05) is 30.1 Å². The van der Waals surface area contributed by atoms with Gasteiger partial charge in [0, 0.05) is 26.0 Å². The standard InChI is InChI=1S/C12H13N3O2/c1-15(8-5-11(16)17)10-4-7-13-9-3-2-6-14-12(9)10/h2-4,6-7H,5,8H2,1H3,(H,16,17). The minimum atomic E-state index is -0.803. The Bertz CT molecular complexity index is 537. The van der Waals surface area contributed by atoms with E-state index in [1.54, 1.807) is 12.4 Å². The summed E-state index contributed by atoms with van der Waals surface area (Å²) < 4.78 is 0. The van der Waals surface area contributed by atoms with Gasteiger partial charge in [0.05, 0.1) is 17.6 Å². The highest BCUT2D eigenvalue weighted by Gasteiger charge is 2.08. The Balaban J connectivity index is 2.31. The maximum atomic E-state index is 10.5. The number of rotatable bonds is 4. The summed E-state index contributed by atoms with van der Waals surface area (Å²) in [6.45, 7) is 0.449. The van der Waals surface area contributed by atoms with Crippen molar-refractivity contribution in [2.45, 2.75) is 6.42 Å².